The maximum atomic E-state index is 5.55. The molecule has 4 N–H and O–H groups in total. The van der Waals surface area contributed by atoms with E-state index in [1.54, 1.807) is 0 Å². The average molecular weight is 212 g/mol. The fourth-order valence-electron chi connectivity index (χ4n) is 1.89. The van der Waals surface area contributed by atoms with E-state index in [1.165, 1.54) is 5.39 Å². The molecule has 4 nitrogen and oxygen atoms in total. The highest BCUT2D eigenvalue weighted by Crippen LogP contribution is 2.27. The molecule has 0 spiro atoms. The first-order valence-corrected chi connectivity index (χ1v) is 5.19. The number of aromatic amines is 2. The Bertz CT molecular complexity index is 621. The van der Waals surface area contributed by atoms with Gasteiger partial charge in [-0.15, -0.1) is 0 Å². The van der Waals surface area contributed by atoms with E-state index in [4.69, 9.17) is 5.73 Å². The lowest BCUT2D eigenvalue weighted by Gasteiger charge is -1.92. The van der Waals surface area contributed by atoms with Crippen LogP contribution in [0.1, 0.15) is 5.69 Å². The van der Waals surface area contributed by atoms with Crippen molar-refractivity contribution in [3.8, 4) is 11.3 Å². The van der Waals surface area contributed by atoms with Gasteiger partial charge < -0.3 is 10.7 Å². The summed E-state index contributed by atoms with van der Waals surface area (Å²) in [5.41, 5.74) is 9.65. The monoisotopic (exact) mass is 212 g/mol. The molecule has 0 saturated carbocycles. The second kappa shape index (κ2) is 3.50. The average Bonchev–Trinajstić information content (AvgIpc) is 2.94. The van der Waals surface area contributed by atoms with Crippen LogP contribution in [0.5, 0.6) is 0 Å². The van der Waals surface area contributed by atoms with E-state index in [0.717, 1.165) is 22.5 Å². The quantitative estimate of drug-likeness (QED) is 0.608. The van der Waals surface area contributed by atoms with Crippen LogP contribution in [-0.4, -0.2) is 15.2 Å². The number of rotatable bonds is 2. The third-order valence-electron chi connectivity index (χ3n) is 2.72. The highest BCUT2D eigenvalue weighted by Gasteiger charge is 2.08. The van der Waals surface area contributed by atoms with Crippen molar-refractivity contribution >= 4 is 10.9 Å². The molecule has 4 heteroatoms. The third-order valence-corrected chi connectivity index (χ3v) is 2.72. The van der Waals surface area contributed by atoms with Crippen molar-refractivity contribution in [3.63, 3.8) is 0 Å². The van der Waals surface area contributed by atoms with Gasteiger partial charge in [-0.3, -0.25) is 5.10 Å². The Morgan fingerprint density at radius 1 is 1.25 bits per heavy atom. The lowest BCUT2D eigenvalue weighted by Crippen LogP contribution is -1.95. The molecule has 0 amide bonds. The highest BCUT2D eigenvalue weighted by atomic mass is 15.1. The van der Waals surface area contributed by atoms with Crippen LogP contribution < -0.4 is 5.73 Å². The molecule has 0 unspecified atom stereocenters. The lowest BCUT2D eigenvalue weighted by molar-refractivity contribution is 0.949. The molecule has 2 aromatic heterocycles. The van der Waals surface area contributed by atoms with E-state index in [-0.39, 0.29) is 0 Å². The van der Waals surface area contributed by atoms with Gasteiger partial charge in [0.1, 0.15) is 0 Å². The largest absolute Gasteiger partial charge is 0.360 e. The smallest absolute Gasteiger partial charge is 0.0945 e. The van der Waals surface area contributed by atoms with Gasteiger partial charge in [-0.05, 0) is 12.1 Å². The molecule has 80 valence electrons. The molecule has 0 aliphatic carbocycles. The molecule has 0 radical (unpaired) electrons. The Morgan fingerprint density at radius 2 is 2.12 bits per heavy atom. The van der Waals surface area contributed by atoms with Crippen LogP contribution in [0.4, 0.5) is 0 Å². The number of fused-ring (bicyclic) bond motifs is 1. The van der Waals surface area contributed by atoms with E-state index < -0.39 is 0 Å². The van der Waals surface area contributed by atoms with Gasteiger partial charge >= 0.3 is 0 Å². The van der Waals surface area contributed by atoms with Crippen molar-refractivity contribution in [1.29, 1.82) is 0 Å². The molecule has 0 bridgehead atoms. The van der Waals surface area contributed by atoms with Gasteiger partial charge in [-0.25, -0.2) is 0 Å². The minimum absolute atomic E-state index is 0.482. The zero-order valence-electron chi connectivity index (χ0n) is 8.70. The van der Waals surface area contributed by atoms with E-state index in [9.17, 15) is 0 Å². The topological polar surface area (TPSA) is 70.5 Å². The van der Waals surface area contributed by atoms with Crippen LogP contribution in [-0.2, 0) is 6.54 Å². The first kappa shape index (κ1) is 9.18. The van der Waals surface area contributed by atoms with Crippen LogP contribution in [0.25, 0.3) is 22.2 Å². The number of nitrogens with zero attached hydrogens (tertiary/aromatic N) is 1. The fraction of sp³-hybridized carbons (Fsp3) is 0.0833. The number of para-hydroxylation sites is 1. The predicted molar refractivity (Wildman–Crippen MR) is 63.8 cm³/mol. The molecule has 0 aliphatic rings. The molecule has 0 aliphatic heterocycles. The second-order valence-corrected chi connectivity index (χ2v) is 3.73. The summed E-state index contributed by atoms with van der Waals surface area (Å²) in [6, 6.07) is 10.2. The molecule has 3 aromatic rings. The highest BCUT2D eigenvalue weighted by molar-refractivity contribution is 5.94. The van der Waals surface area contributed by atoms with Crippen molar-refractivity contribution in [2.75, 3.05) is 0 Å². The van der Waals surface area contributed by atoms with Crippen molar-refractivity contribution in [2.24, 2.45) is 5.73 Å². The summed E-state index contributed by atoms with van der Waals surface area (Å²) >= 11 is 0. The Morgan fingerprint density at radius 3 is 2.94 bits per heavy atom. The van der Waals surface area contributed by atoms with Crippen LogP contribution in [0, 0.1) is 0 Å². The van der Waals surface area contributed by atoms with E-state index in [0.29, 0.717) is 6.54 Å². The van der Waals surface area contributed by atoms with Crippen molar-refractivity contribution in [2.45, 2.75) is 6.54 Å². The predicted octanol–water partition coefficient (Wildman–Crippen LogP) is 2.02. The third kappa shape index (κ3) is 1.31. The number of nitrogens with one attached hydrogen (secondary N) is 2. The number of benzene rings is 1. The number of aromatic nitrogens is 3. The SMILES string of the molecule is NCc1cc(-c2c[nH]c3ccccc23)n[nH]1. The van der Waals surface area contributed by atoms with Crippen molar-refractivity contribution in [3.05, 3.63) is 42.2 Å². The van der Waals surface area contributed by atoms with Gasteiger partial charge in [-0.1, -0.05) is 18.2 Å². The van der Waals surface area contributed by atoms with Crippen molar-refractivity contribution in [1.82, 2.24) is 15.2 Å². The van der Waals surface area contributed by atoms with Gasteiger partial charge in [0.05, 0.1) is 5.69 Å². The molecular formula is C12H12N4. The molecule has 16 heavy (non-hydrogen) atoms. The number of hydrogen-bond acceptors (Lipinski definition) is 2. The number of nitrogens with two attached hydrogens (primary N) is 1. The summed E-state index contributed by atoms with van der Waals surface area (Å²) < 4.78 is 0. The summed E-state index contributed by atoms with van der Waals surface area (Å²) in [7, 11) is 0. The first-order valence-electron chi connectivity index (χ1n) is 5.19. The number of hydrogen-bond donors (Lipinski definition) is 3. The van der Waals surface area contributed by atoms with Gasteiger partial charge in [0.25, 0.3) is 0 Å². The molecule has 0 atom stereocenters. The Hall–Kier alpha value is -2.07. The molecule has 3 rings (SSSR count). The van der Waals surface area contributed by atoms with Gasteiger partial charge in [0.2, 0.25) is 0 Å². The molecule has 1 aromatic carbocycles. The van der Waals surface area contributed by atoms with E-state index in [2.05, 4.69) is 27.3 Å². The van der Waals surface area contributed by atoms with Crippen molar-refractivity contribution < 1.29 is 0 Å². The Kier molecular flexibility index (Phi) is 2.01. The van der Waals surface area contributed by atoms with Crippen LogP contribution >= 0.6 is 0 Å². The van der Waals surface area contributed by atoms with Gasteiger partial charge in [0, 0.05) is 34.9 Å². The van der Waals surface area contributed by atoms with Crippen LogP contribution in [0.15, 0.2) is 36.5 Å². The standard InChI is InChI=1S/C12H12N4/c13-6-8-5-12(16-15-8)10-7-14-11-4-2-1-3-9(10)11/h1-5,7,14H,6,13H2,(H,15,16). The Balaban J connectivity index is 2.18. The summed E-state index contributed by atoms with van der Waals surface area (Å²) in [5, 5.41) is 8.35. The zero-order valence-corrected chi connectivity index (χ0v) is 8.70. The summed E-state index contributed by atoms with van der Waals surface area (Å²) in [5.74, 6) is 0. The number of H-pyrrole nitrogens is 2. The minimum Gasteiger partial charge on any atom is -0.360 e. The summed E-state index contributed by atoms with van der Waals surface area (Å²) in [6.45, 7) is 0.482. The molecule has 0 saturated heterocycles. The Labute approximate surface area is 92.5 Å². The fourth-order valence-corrected chi connectivity index (χ4v) is 1.89. The maximum absolute atomic E-state index is 5.55. The lowest BCUT2D eigenvalue weighted by atomic mass is 10.1. The van der Waals surface area contributed by atoms with E-state index in [1.807, 2.05) is 24.4 Å². The normalized spacial score (nSPS) is 11.1. The first-order chi connectivity index (χ1) is 7.88. The maximum Gasteiger partial charge on any atom is 0.0945 e. The van der Waals surface area contributed by atoms with Crippen LogP contribution in [0.3, 0.4) is 0 Å². The summed E-state index contributed by atoms with van der Waals surface area (Å²) in [4.78, 5) is 3.23. The molecule has 2 heterocycles. The zero-order chi connectivity index (χ0) is 11.0. The summed E-state index contributed by atoms with van der Waals surface area (Å²) in [6.07, 6.45) is 1.97. The second-order valence-electron chi connectivity index (χ2n) is 3.73. The van der Waals surface area contributed by atoms with E-state index >= 15 is 0 Å². The van der Waals surface area contributed by atoms with Crippen LogP contribution in [0.2, 0.25) is 0 Å². The molecular weight excluding hydrogens is 200 g/mol. The van der Waals surface area contributed by atoms with Gasteiger partial charge in [-0.2, -0.15) is 5.10 Å². The minimum atomic E-state index is 0.482. The molecule has 0 fully saturated rings. The van der Waals surface area contributed by atoms with Gasteiger partial charge in [0.15, 0.2) is 0 Å².